The van der Waals surface area contributed by atoms with E-state index >= 15 is 0 Å². The third-order valence-corrected chi connectivity index (χ3v) is 3.47. The molecular formula is C13H11ClN6O2S. The molecule has 0 aliphatic carbocycles. The van der Waals surface area contributed by atoms with Gasteiger partial charge in [0.15, 0.2) is 0 Å². The minimum Gasteiger partial charge on any atom is -0.456 e. The highest BCUT2D eigenvalue weighted by Gasteiger charge is 2.14. The highest BCUT2D eigenvalue weighted by atomic mass is 35.5. The van der Waals surface area contributed by atoms with Crippen molar-refractivity contribution in [3.63, 3.8) is 0 Å². The van der Waals surface area contributed by atoms with Gasteiger partial charge in [-0.1, -0.05) is 28.0 Å². The van der Waals surface area contributed by atoms with Gasteiger partial charge in [-0.3, -0.25) is 5.43 Å². The quantitative estimate of drug-likeness (QED) is 0.190. The van der Waals surface area contributed by atoms with Crippen molar-refractivity contribution in [3.8, 4) is 11.5 Å². The van der Waals surface area contributed by atoms with Crippen molar-refractivity contribution in [2.75, 3.05) is 5.43 Å². The molecule has 8 nitrogen and oxygen atoms in total. The zero-order chi connectivity index (χ0) is 16.7. The van der Waals surface area contributed by atoms with Gasteiger partial charge in [0.1, 0.15) is 11.5 Å². The molecule has 118 valence electrons. The third kappa shape index (κ3) is 4.51. The number of ether oxygens (including phenoxy) is 1. The first-order valence-electron chi connectivity index (χ1n) is 6.23. The van der Waals surface area contributed by atoms with E-state index in [0.717, 1.165) is 0 Å². The number of nitrogens with one attached hydrogen (secondary N) is 2. The number of hydrogen-bond donors (Lipinski definition) is 3. The molecule has 0 aliphatic rings. The molecule has 0 aliphatic heterocycles. The van der Waals surface area contributed by atoms with Gasteiger partial charge in [-0.25, -0.2) is 0 Å². The van der Waals surface area contributed by atoms with Crippen LogP contribution in [0.2, 0.25) is 5.02 Å². The zero-order valence-electron chi connectivity index (χ0n) is 11.6. The van der Waals surface area contributed by atoms with Gasteiger partial charge in [0.05, 0.1) is 17.1 Å². The average molecular weight is 351 g/mol. The second kappa shape index (κ2) is 8.25. The smallest absolute Gasteiger partial charge is 0.146 e. The summed E-state index contributed by atoms with van der Waals surface area (Å²) in [5.74, 6) is 0.809. The first-order valence-corrected chi connectivity index (χ1v) is 7.38. The molecule has 3 N–H and O–H groups in total. The van der Waals surface area contributed by atoms with E-state index in [1.165, 1.54) is 0 Å². The van der Waals surface area contributed by atoms with Crippen molar-refractivity contribution < 1.29 is 9.29 Å². The Labute approximate surface area is 140 Å². The van der Waals surface area contributed by atoms with Crippen molar-refractivity contribution in [1.29, 1.82) is 5.53 Å². The molecule has 10 heteroatoms. The number of rotatable bonds is 7. The lowest BCUT2D eigenvalue weighted by atomic mass is 10.1. The number of azide groups is 1. The summed E-state index contributed by atoms with van der Waals surface area (Å²) in [6.07, 6.45) is 0. The topological polar surface area (TPSA) is 126 Å². The Bertz CT molecular complexity index is 766. The van der Waals surface area contributed by atoms with Gasteiger partial charge in [0, 0.05) is 27.5 Å². The molecule has 0 atom stereocenters. The van der Waals surface area contributed by atoms with Crippen LogP contribution in [-0.2, 0) is 6.54 Å². The molecule has 0 amide bonds. The Morgan fingerprint density at radius 1 is 1.39 bits per heavy atom. The van der Waals surface area contributed by atoms with Crippen LogP contribution in [0.4, 0.5) is 5.69 Å². The first kappa shape index (κ1) is 16.9. The fourth-order valence-corrected chi connectivity index (χ4v) is 2.46. The second-order valence-electron chi connectivity index (χ2n) is 4.23. The molecule has 2 aromatic carbocycles. The number of nitrogens with zero attached hydrogens (tertiary/aromatic N) is 4. The molecule has 2 rings (SSSR count). The lowest BCUT2D eigenvalue weighted by molar-refractivity contribution is 0.463. The lowest BCUT2D eigenvalue weighted by Crippen LogP contribution is -1.96. The molecule has 0 unspecified atom stereocenters. The fourth-order valence-electron chi connectivity index (χ4n) is 1.85. The summed E-state index contributed by atoms with van der Waals surface area (Å²) in [6.45, 7) is 0.00742. The summed E-state index contributed by atoms with van der Waals surface area (Å²) in [4.78, 5) is 3.10. The van der Waals surface area contributed by atoms with Gasteiger partial charge in [0.2, 0.25) is 0 Å². The Balaban J connectivity index is 2.49. The van der Waals surface area contributed by atoms with Gasteiger partial charge in [-0.05, 0) is 35.9 Å². The van der Waals surface area contributed by atoms with Crippen LogP contribution in [0.5, 0.6) is 11.5 Å². The van der Waals surface area contributed by atoms with Gasteiger partial charge in [-0.2, -0.15) is 5.53 Å². The maximum absolute atomic E-state index is 9.50. The third-order valence-electron chi connectivity index (χ3n) is 2.74. The molecule has 0 saturated carbocycles. The molecular weight excluding hydrogens is 340 g/mol. The highest BCUT2D eigenvalue weighted by molar-refractivity contribution is 7.93. The summed E-state index contributed by atoms with van der Waals surface area (Å²) in [5.41, 5.74) is 18.8. The van der Waals surface area contributed by atoms with Crippen molar-refractivity contribution >= 4 is 29.3 Å². The fraction of sp³-hybridized carbons (Fsp3) is 0.0769. The van der Waals surface area contributed by atoms with E-state index < -0.39 is 0 Å². The Hall–Kier alpha value is -2.45. The average Bonchev–Trinajstić information content (AvgIpc) is 2.54. The van der Waals surface area contributed by atoms with Gasteiger partial charge in [0.25, 0.3) is 0 Å². The summed E-state index contributed by atoms with van der Waals surface area (Å²) >= 11 is 6.40. The molecule has 23 heavy (non-hydrogen) atoms. The van der Waals surface area contributed by atoms with E-state index in [9.17, 15) is 4.55 Å². The van der Waals surface area contributed by atoms with E-state index in [1.807, 2.05) is 0 Å². The summed E-state index contributed by atoms with van der Waals surface area (Å²) in [7, 11) is 0. The van der Waals surface area contributed by atoms with E-state index in [0.29, 0.717) is 44.7 Å². The summed E-state index contributed by atoms with van der Waals surface area (Å²) in [6, 6.07) is 9.94. The molecule has 0 heterocycles. The van der Waals surface area contributed by atoms with E-state index in [-0.39, 0.29) is 6.54 Å². The summed E-state index contributed by atoms with van der Waals surface area (Å²) < 4.78 is 15.3. The largest absolute Gasteiger partial charge is 0.456 e. The summed E-state index contributed by atoms with van der Waals surface area (Å²) in [5, 5.41) is 7.10. The molecule has 2 aromatic rings. The van der Waals surface area contributed by atoms with E-state index in [1.54, 1.807) is 36.4 Å². The first-order chi connectivity index (χ1) is 11.2. The van der Waals surface area contributed by atoms with Crippen LogP contribution in [0.15, 0.2) is 51.6 Å². The molecule has 0 saturated heterocycles. The van der Waals surface area contributed by atoms with Crippen molar-refractivity contribution in [1.82, 2.24) is 0 Å². The molecule has 0 aromatic heterocycles. The normalized spacial score (nSPS) is 9.83. The number of benzene rings is 2. The van der Waals surface area contributed by atoms with Crippen LogP contribution >= 0.6 is 23.6 Å². The van der Waals surface area contributed by atoms with Crippen LogP contribution < -0.4 is 10.2 Å². The van der Waals surface area contributed by atoms with Gasteiger partial charge in [-0.15, -0.1) is 0 Å². The minimum atomic E-state index is 0.00742. The van der Waals surface area contributed by atoms with E-state index in [2.05, 4.69) is 20.7 Å². The SMILES string of the molecule is [N-]=[N+]=NCc1cc(NN=N)cc(SO)c1Oc1cccc(Cl)c1. The molecule has 0 fully saturated rings. The molecule has 0 radical (unpaired) electrons. The monoisotopic (exact) mass is 350 g/mol. The second-order valence-corrected chi connectivity index (χ2v) is 5.28. The molecule has 0 spiro atoms. The van der Waals surface area contributed by atoms with Crippen LogP contribution in [0.1, 0.15) is 5.56 Å². The van der Waals surface area contributed by atoms with Crippen LogP contribution in [0, 0.1) is 5.53 Å². The van der Waals surface area contributed by atoms with Crippen molar-refractivity contribution in [3.05, 3.63) is 57.4 Å². The Kier molecular flexibility index (Phi) is 6.07. The van der Waals surface area contributed by atoms with Crippen LogP contribution in [-0.4, -0.2) is 4.55 Å². The Morgan fingerprint density at radius 3 is 2.87 bits per heavy atom. The maximum Gasteiger partial charge on any atom is 0.146 e. The minimum absolute atomic E-state index is 0.00742. The van der Waals surface area contributed by atoms with Crippen LogP contribution in [0.3, 0.4) is 0 Å². The Morgan fingerprint density at radius 2 is 2.22 bits per heavy atom. The standard InChI is InChI=1S/C13H11ClN6O2S/c14-9-2-1-3-11(5-9)22-13-8(7-17-19-15)4-10(18-20-16)6-12(13)23-21/h1-6,21H,7H2,(H2,16,18). The number of halogens is 1. The van der Waals surface area contributed by atoms with Crippen molar-refractivity contribution in [2.45, 2.75) is 11.4 Å². The zero-order valence-corrected chi connectivity index (χ0v) is 13.2. The lowest BCUT2D eigenvalue weighted by Gasteiger charge is -2.15. The maximum atomic E-state index is 9.50. The number of anilines is 1. The van der Waals surface area contributed by atoms with Crippen molar-refractivity contribution in [2.24, 2.45) is 10.3 Å². The van der Waals surface area contributed by atoms with Gasteiger partial charge < -0.3 is 9.29 Å². The van der Waals surface area contributed by atoms with Gasteiger partial charge >= 0.3 is 0 Å². The van der Waals surface area contributed by atoms with E-state index in [4.69, 9.17) is 27.4 Å². The molecule has 0 bridgehead atoms. The van der Waals surface area contributed by atoms with Crippen LogP contribution in [0.25, 0.3) is 10.4 Å². The number of hydrogen-bond acceptors (Lipinski definition) is 6. The predicted molar refractivity (Wildman–Crippen MR) is 88.1 cm³/mol. The highest BCUT2D eigenvalue weighted by Crippen LogP contribution is 2.38. The predicted octanol–water partition coefficient (Wildman–Crippen LogP) is 5.87.